The van der Waals surface area contributed by atoms with Gasteiger partial charge in [-0.3, -0.25) is 14.4 Å². The van der Waals surface area contributed by atoms with Crippen LogP contribution in [-0.4, -0.2) is 59.7 Å². The smallest absolute Gasteiger partial charge is 0.251 e. The van der Waals surface area contributed by atoms with E-state index >= 15 is 0 Å². The largest absolute Gasteiger partial charge is 0.343 e. The first-order valence-electron chi connectivity index (χ1n) is 10.0. The molecule has 1 N–H and O–H groups in total. The van der Waals surface area contributed by atoms with E-state index in [1.54, 1.807) is 12.1 Å². The molecule has 0 bridgehead atoms. The van der Waals surface area contributed by atoms with Crippen molar-refractivity contribution in [1.82, 2.24) is 15.1 Å². The Morgan fingerprint density at radius 1 is 1.00 bits per heavy atom. The molecule has 146 valence electrons. The third-order valence-corrected chi connectivity index (χ3v) is 5.67. The number of hydrogen-bond acceptors (Lipinski definition) is 3. The Balaban J connectivity index is 1.71. The summed E-state index contributed by atoms with van der Waals surface area (Å²) in [5.74, 6) is 0.0353. The molecule has 2 heterocycles. The molecule has 1 atom stereocenters. The molecule has 2 aliphatic rings. The molecular formula is C21H29N3O3. The van der Waals surface area contributed by atoms with E-state index < -0.39 is 6.04 Å². The minimum atomic E-state index is -0.519. The Kier molecular flexibility index (Phi) is 6.48. The third-order valence-electron chi connectivity index (χ3n) is 5.67. The zero-order valence-electron chi connectivity index (χ0n) is 16.0. The van der Waals surface area contributed by atoms with Crippen LogP contribution in [0.2, 0.25) is 0 Å². The van der Waals surface area contributed by atoms with E-state index in [1.807, 2.05) is 34.9 Å². The molecule has 3 amide bonds. The maximum Gasteiger partial charge on any atom is 0.251 e. The fourth-order valence-corrected chi connectivity index (χ4v) is 4.04. The Labute approximate surface area is 160 Å². The topological polar surface area (TPSA) is 69.7 Å². The molecule has 0 spiro atoms. The molecule has 3 rings (SSSR count). The average molecular weight is 371 g/mol. The van der Waals surface area contributed by atoms with Crippen molar-refractivity contribution in [2.75, 3.05) is 26.2 Å². The maximum atomic E-state index is 13.1. The van der Waals surface area contributed by atoms with Crippen molar-refractivity contribution in [3.05, 3.63) is 35.9 Å². The standard InChI is InChI=1S/C21H29N3O3/c1-2-18(25)23-14-10-16(11-15-23)19(21(27)24-12-6-7-13-24)22-20(26)17-8-4-3-5-9-17/h3-5,8-9,16,19H,2,6-7,10-15H2,1H3,(H,22,26). The highest BCUT2D eigenvalue weighted by Crippen LogP contribution is 2.24. The average Bonchev–Trinajstić information content (AvgIpc) is 3.26. The second-order valence-corrected chi connectivity index (χ2v) is 7.42. The molecule has 0 radical (unpaired) electrons. The minimum absolute atomic E-state index is 0.0250. The number of hydrogen-bond donors (Lipinski definition) is 1. The summed E-state index contributed by atoms with van der Waals surface area (Å²) in [5.41, 5.74) is 0.565. The predicted octanol–water partition coefficient (Wildman–Crippen LogP) is 2.06. The van der Waals surface area contributed by atoms with Gasteiger partial charge in [0.1, 0.15) is 6.04 Å². The number of piperidine rings is 1. The number of rotatable bonds is 5. The highest BCUT2D eigenvalue weighted by Gasteiger charge is 2.36. The van der Waals surface area contributed by atoms with Gasteiger partial charge in [-0.25, -0.2) is 0 Å². The molecule has 0 aromatic heterocycles. The van der Waals surface area contributed by atoms with Crippen LogP contribution in [0.15, 0.2) is 30.3 Å². The molecule has 2 fully saturated rings. The van der Waals surface area contributed by atoms with Gasteiger partial charge in [-0.05, 0) is 43.7 Å². The molecule has 27 heavy (non-hydrogen) atoms. The fraction of sp³-hybridized carbons (Fsp3) is 0.571. The van der Waals surface area contributed by atoms with Gasteiger partial charge in [0, 0.05) is 38.2 Å². The summed E-state index contributed by atoms with van der Waals surface area (Å²) in [7, 11) is 0. The fourth-order valence-electron chi connectivity index (χ4n) is 4.04. The maximum absolute atomic E-state index is 13.1. The quantitative estimate of drug-likeness (QED) is 0.861. The molecule has 6 heteroatoms. The minimum Gasteiger partial charge on any atom is -0.343 e. The molecule has 0 saturated carbocycles. The number of carbonyl (C=O) groups excluding carboxylic acids is 3. The van der Waals surface area contributed by atoms with E-state index in [1.165, 1.54) is 0 Å². The van der Waals surface area contributed by atoms with Crippen molar-refractivity contribution in [1.29, 1.82) is 0 Å². The van der Waals surface area contributed by atoms with Gasteiger partial charge in [0.05, 0.1) is 0 Å². The van der Waals surface area contributed by atoms with Gasteiger partial charge in [-0.1, -0.05) is 25.1 Å². The number of amides is 3. The molecule has 1 aromatic carbocycles. The van der Waals surface area contributed by atoms with Gasteiger partial charge in [0.25, 0.3) is 5.91 Å². The van der Waals surface area contributed by atoms with Crippen LogP contribution >= 0.6 is 0 Å². The van der Waals surface area contributed by atoms with Crippen LogP contribution in [0.4, 0.5) is 0 Å². The van der Waals surface area contributed by atoms with E-state index in [-0.39, 0.29) is 23.6 Å². The van der Waals surface area contributed by atoms with Crippen LogP contribution in [0.5, 0.6) is 0 Å². The van der Waals surface area contributed by atoms with Crippen LogP contribution < -0.4 is 5.32 Å². The van der Waals surface area contributed by atoms with Crippen LogP contribution in [0.1, 0.15) is 49.4 Å². The summed E-state index contributed by atoms with van der Waals surface area (Å²) < 4.78 is 0. The molecule has 1 unspecified atom stereocenters. The van der Waals surface area contributed by atoms with Crippen molar-refractivity contribution in [2.45, 2.75) is 45.1 Å². The molecule has 0 aliphatic carbocycles. The lowest BCUT2D eigenvalue weighted by Crippen LogP contribution is -2.54. The first-order valence-corrected chi connectivity index (χ1v) is 10.0. The number of benzene rings is 1. The van der Waals surface area contributed by atoms with Crippen LogP contribution in [0.3, 0.4) is 0 Å². The molecule has 2 saturated heterocycles. The van der Waals surface area contributed by atoms with E-state index in [4.69, 9.17) is 0 Å². The van der Waals surface area contributed by atoms with E-state index in [0.29, 0.717) is 25.1 Å². The van der Waals surface area contributed by atoms with Crippen molar-refractivity contribution >= 4 is 17.7 Å². The number of carbonyl (C=O) groups is 3. The molecule has 2 aliphatic heterocycles. The van der Waals surface area contributed by atoms with E-state index in [2.05, 4.69) is 5.32 Å². The normalized spacial score (nSPS) is 19.0. The summed E-state index contributed by atoms with van der Waals surface area (Å²) in [4.78, 5) is 41.5. The lowest BCUT2D eigenvalue weighted by atomic mass is 9.88. The highest BCUT2D eigenvalue weighted by atomic mass is 16.2. The van der Waals surface area contributed by atoms with Crippen molar-refractivity contribution in [3.8, 4) is 0 Å². The van der Waals surface area contributed by atoms with Crippen molar-refractivity contribution in [3.63, 3.8) is 0 Å². The summed E-state index contributed by atoms with van der Waals surface area (Å²) in [6, 6.07) is 8.51. The number of nitrogens with one attached hydrogen (secondary N) is 1. The highest BCUT2D eigenvalue weighted by molar-refractivity contribution is 5.97. The lowest BCUT2D eigenvalue weighted by Gasteiger charge is -2.37. The number of nitrogens with zero attached hydrogens (tertiary/aromatic N) is 2. The van der Waals surface area contributed by atoms with Crippen LogP contribution in [0.25, 0.3) is 0 Å². The molecular weight excluding hydrogens is 342 g/mol. The first kappa shape index (κ1) is 19.4. The first-order chi connectivity index (χ1) is 13.1. The molecule has 1 aromatic rings. The third kappa shape index (κ3) is 4.67. The van der Waals surface area contributed by atoms with Gasteiger partial charge in [-0.15, -0.1) is 0 Å². The second kappa shape index (κ2) is 9.02. The van der Waals surface area contributed by atoms with Gasteiger partial charge in [0.2, 0.25) is 11.8 Å². The summed E-state index contributed by atoms with van der Waals surface area (Å²) in [6.07, 6.45) is 4.03. The Morgan fingerprint density at radius 3 is 2.22 bits per heavy atom. The van der Waals surface area contributed by atoms with Crippen molar-refractivity contribution < 1.29 is 14.4 Å². The summed E-state index contributed by atoms with van der Waals surface area (Å²) in [5, 5.41) is 3.00. The molecule has 6 nitrogen and oxygen atoms in total. The lowest BCUT2D eigenvalue weighted by molar-refractivity contribution is -0.135. The summed E-state index contributed by atoms with van der Waals surface area (Å²) in [6.45, 7) is 4.71. The number of likely N-dealkylation sites (tertiary alicyclic amines) is 2. The predicted molar refractivity (Wildman–Crippen MR) is 103 cm³/mol. The SMILES string of the molecule is CCC(=O)N1CCC(C(NC(=O)c2ccccc2)C(=O)N2CCCC2)CC1. The van der Waals surface area contributed by atoms with Gasteiger partial charge >= 0.3 is 0 Å². The van der Waals surface area contributed by atoms with Gasteiger partial charge < -0.3 is 15.1 Å². The van der Waals surface area contributed by atoms with Gasteiger partial charge in [0.15, 0.2) is 0 Å². The van der Waals surface area contributed by atoms with Crippen molar-refractivity contribution in [2.24, 2.45) is 5.92 Å². The van der Waals surface area contributed by atoms with Crippen LogP contribution in [-0.2, 0) is 9.59 Å². The Hall–Kier alpha value is -2.37. The second-order valence-electron chi connectivity index (χ2n) is 7.42. The zero-order chi connectivity index (χ0) is 19.2. The van der Waals surface area contributed by atoms with Gasteiger partial charge in [-0.2, -0.15) is 0 Å². The van der Waals surface area contributed by atoms with E-state index in [9.17, 15) is 14.4 Å². The Morgan fingerprint density at radius 2 is 1.63 bits per heavy atom. The summed E-state index contributed by atoms with van der Waals surface area (Å²) >= 11 is 0. The Bertz CT molecular complexity index is 663. The monoisotopic (exact) mass is 371 g/mol. The zero-order valence-corrected chi connectivity index (χ0v) is 16.0. The van der Waals surface area contributed by atoms with Crippen LogP contribution in [0, 0.1) is 5.92 Å². The van der Waals surface area contributed by atoms with E-state index in [0.717, 1.165) is 38.8 Å².